The van der Waals surface area contributed by atoms with Crippen molar-refractivity contribution in [1.29, 1.82) is 0 Å². The molecular formula is C12H10ClN2NaO3. The molecule has 1 aromatic heterocycles. The summed E-state index contributed by atoms with van der Waals surface area (Å²) in [5.74, 6) is -1.34. The predicted octanol–water partition coefficient (Wildman–Crippen LogP) is -0.991. The monoisotopic (exact) mass is 288 g/mol. The van der Waals surface area contributed by atoms with E-state index in [0.29, 0.717) is 16.4 Å². The van der Waals surface area contributed by atoms with Gasteiger partial charge in [0.2, 0.25) is 11.1 Å². The molecular weight excluding hydrogens is 279 g/mol. The second-order valence-electron chi connectivity index (χ2n) is 3.69. The van der Waals surface area contributed by atoms with Crippen molar-refractivity contribution in [2.45, 2.75) is 6.92 Å². The minimum absolute atomic E-state index is 0. The van der Waals surface area contributed by atoms with Gasteiger partial charge in [0.15, 0.2) is 0 Å². The summed E-state index contributed by atoms with van der Waals surface area (Å²) in [6.45, 7) is 1.68. The van der Waals surface area contributed by atoms with E-state index in [1.807, 2.05) is 0 Å². The minimum Gasteiger partial charge on any atom is -1.00 e. The molecule has 5 nitrogen and oxygen atoms in total. The number of carboxylic acid groups (broad SMARTS) is 1. The third-order valence-corrected chi connectivity index (χ3v) is 2.63. The number of rotatable bonds is 2. The van der Waals surface area contributed by atoms with Gasteiger partial charge in [-0.15, -0.1) is 0 Å². The Morgan fingerprint density at radius 2 is 1.95 bits per heavy atom. The van der Waals surface area contributed by atoms with Gasteiger partial charge in [0.05, 0.1) is 5.69 Å². The van der Waals surface area contributed by atoms with Crippen LogP contribution in [-0.2, 0) is 0 Å². The van der Waals surface area contributed by atoms with Crippen molar-refractivity contribution in [2.75, 3.05) is 0 Å². The molecule has 0 bridgehead atoms. The summed E-state index contributed by atoms with van der Waals surface area (Å²) in [6.07, 6.45) is 0. The molecule has 0 aliphatic heterocycles. The number of aromatic carboxylic acids is 1. The molecule has 1 N–H and O–H groups in total. The van der Waals surface area contributed by atoms with Crippen molar-refractivity contribution in [2.24, 2.45) is 0 Å². The molecule has 2 rings (SSSR count). The largest absolute Gasteiger partial charge is 1.00 e. The zero-order chi connectivity index (χ0) is 13.3. The van der Waals surface area contributed by atoms with Crippen molar-refractivity contribution in [3.63, 3.8) is 0 Å². The van der Waals surface area contributed by atoms with Crippen LogP contribution in [0.15, 0.2) is 35.1 Å². The summed E-state index contributed by atoms with van der Waals surface area (Å²) in [7, 11) is 0. The number of benzene rings is 1. The fourth-order valence-electron chi connectivity index (χ4n) is 1.54. The Balaban J connectivity index is 0.00000180. The fourth-order valence-corrected chi connectivity index (χ4v) is 1.67. The summed E-state index contributed by atoms with van der Waals surface area (Å²) >= 11 is 5.77. The molecule has 0 radical (unpaired) electrons. The van der Waals surface area contributed by atoms with E-state index >= 15 is 0 Å². The minimum atomic E-state index is -1.34. The standard InChI is InChI=1S/C12H9ClN2O3.Na.H/c1-7-6-10(16)11(12(17)18)14-15(7)9-4-2-8(13)3-5-9;;/h2-6H,1H3,(H,17,18);;/q;+1;-1. The smallest absolute Gasteiger partial charge is 1.00 e. The van der Waals surface area contributed by atoms with Gasteiger partial charge in [-0.05, 0) is 31.2 Å². The summed E-state index contributed by atoms with van der Waals surface area (Å²) in [5.41, 5.74) is 0.0764. The first-order chi connectivity index (χ1) is 8.49. The zero-order valence-corrected chi connectivity index (χ0v) is 13.2. The molecule has 0 atom stereocenters. The second-order valence-corrected chi connectivity index (χ2v) is 4.13. The van der Waals surface area contributed by atoms with Gasteiger partial charge < -0.3 is 6.53 Å². The zero-order valence-electron chi connectivity index (χ0n) is 11.4. The normalized spacial score (nSPS) is 9.79. The number of hydrogen-bond acceptors (Lipinski definition) is 3. The number of halogens is 1. The second kappa shape index (κ2) is 6.34. The molecule has 2 aromatic rings. The molecule has 0 aliphatic rings. The van der Waals surface area contributed by atoms with Crippen molar-refractivity contribution in [3.8, 4) is 5.69 Å². The first-order valence-electron chi connectivity index (χ1n) is 5.09. The van der Waals surface area contributed by atoms with E-state index in [2.05, 4.69) is 5.10 Å². The molecule has 0 aliphatic carbocycles. The van der Waals surface area contributed by atoms with Gasteiger partial charge in [0.1, 0.15) is 0 Å². The summed E-state index contributed by atoms with van der Waals surface area (Å²) in [5, 5.41) is 13.3. The average Bonchev–Trinajstić information content (AvgIpc) is 2.30. The van der Waals surface area contributed by atoms with Crippen LogP contribution in [0.5, 0.6) is 0 Å². The third-order valence-electron chi connectivity index (χ3n) is 2.38. The fraction of sp³-hybridized carbons (Fsp3) is 0.0833. The van der Waals surface area contributed by atoms with Crippen LogP contribution in [0.3, 0.4) is 0 Å². The van der Waals surface area contributed by atoms with Gasteiger partial charge >= 0.3 is 35.5 Å². The van der Waals surface area contributed by atoms with Crippen LogP contribution in [0.1, 0.15) is 17.6 Å². The van der Waals surface area contributed by atoms with Crippen molar-refractivity contribution in [3.05, 3.63) is 57.0 Å². The maximum atomic E-state index is 11.4. The number of carboxylic acids is 1. The van der Waals surface area contributed by atoms with E-state index in [9.17, 15) is 9.59 Å². The molecule has 1 heterocycles. The maximum Gasteiger partial charge on any atom is 1.00 e. The Labute approximate surface area is 137 Å². The van der Waals surface area contributed by atoms with E-state index in [0.717, 1.165) is 0 Å². The molecule has 0 spiro atoms. The first-order valence-corrected chi connectivity index (χ1v) is 5.47. The van der Waals surface area contributed by atoms with E-state index in [1.54, 1.807) is 31.2 Å². The topological polar surface area (TPSA) is 72.2 Å². The van der Waals surface area contributed by atoms with Crippen LogP contribution in [0.4, 0.5) is 0 Å². The first kappa shape index (κ1) is 15.9. The predicted molar refractivity (Wildman–Crippen MR) is 67.7 cm³/mol. The van der Waals surface area contributed by atoms with Crippen molar-refractivity contribution < 1.29 is 40.9 Å². The number of carbonyl (C=O) groups is 1. The van der Waals surface area contributed by atoms with Crippen molar-refractivity contribution in [1.82, 2.24) is 9.78 Å². The SMILES string of the molecule is Cc1cc(=O)c(C(=O)O)nn1-c1ccc(Cl)cc1.[H-].[Na+]. The molecule has 0 unspecified atom stereocenters. The molecule has 1 aromatic carbocycles. The van der Waals surface area contributed by atoms with E-state index in [-0.39, 0.29) is 31.0 Å². The number of nitrogens with zero attached hydrogens (tertiary/aromatic N) is 2. The van der Waals surface area contributed by atoms with Crippen LogP contribution < -0.4 is 35.0 Å². The van der Waals surface area contributed by atoms with E-state index in [4.69, 9.17) is 16.7 Å². The van der Waals surface area contributed by atoms with Gasteiger partial charge in [0, 0.05) is 16.8 Å². The Morgan fingerprint density at radius 1 is 1.37 bits per heavy atom. The molecule has 7 heteroatoms. The molecule has 0 saturated carbocycles. The summed E-state index contributed by atoms with van der Waals surface area (Å²) in [4.78, 5) is 22.3. The van der Waals surface area contributed by atoms with Crippen LogP contribution in [0.25, 0.3) is 5.69 Å². The molecule has 0 amide bonds. The van der Waals surface area contributed by atoms with Crippen LogP contribution in [0, 0.1) is 6.92 Å². The number of hydrogen-bond donors (Lipinski definition) is 1. The molecule has 0 fully saturated rings. The number of aryl methyl sites for hydroxylation is 1. The van der Waals surface area contributed by atoms with Crippen LogP contribution in [0.2, 0.25) is 5.02 Å². The van der Waals surface area contributed by atoms with Gasteiger partial charge in [-0.1, -0.05) is 11.6 Å². The molecule has 0 saturated heterocycles. The molecule has 94 valence electrons. The van der Waals surface area contributed by atoms with E-state index in [1.165, 1.54) is 10.7 Å². The maximum absolute atomic E-state index is 11.4. The summed E-state index contributed by atoms with van der Waals surface area (Å²) in [6, 6.07) is 7.95. The summed E-state index contributed by atoms with van der Waals surface area (Å²) < 4.78 is 1.39. The Bertz CT molecular complexity index is 673. The Morgan fingerprint density at radius 3 is 2.47 bits per heavy atom. The third kappa shape index (κ3) is 3.45. The van der Waals surface area contributed by atoms with Gasteiger partial charge in [0.25, 0.3) is 0 Å². The van der Waals surface area contributed by atoms with Crippen molar-refractivity contribution >= 4 is 17.6 Å². The van der Waals surface area contributed by atoms with Crippen LogP contribution >= 0.6 is 11.6 Å². The van der Waals surface area contributed by atoms with Gasteiger partial charge in [-0.25, -0.2) is 9.48 Å². The number of aromatic nitrogens is 2. The molecule has 19 heavy (non-hydrogen) atoms. The average molecular weight is 289 g/mol. The van der Waals surface area contributed by atoms with Gasteiger partial charge in [-0.2, -0.15) is 5.10 Å². The van der Waals surface area contributed by atoms with Crippen LogP contribution in [-0.4, -0.2) is 20.9 Å². The van der Waals surface area contributed by atoms with E-state index < -0.39 is 17.1 Å². The quantitative estimate of drug-likeness (QED) is 0.720. The Hall–Kier alpha value is -1.14. The Kier molecular flexibility index (Phi) is 5.31. The van der Waals surface area contributed by atoms with Gasteiger partial charge in [-0.3, -0.25) is 4.79 Å².